The molecule has 1 atom stereocenters. The van der Waals surface area contributed by atoms with Crippen molar-refractivity contribution in [2.24, 2.45) is 5.92 Å². The lowest BCUT2D eigenvalue weighted by Gasteiger charge is -2.46. The first-order valence-electron chi connectivity index (χ1n) is 12.4. The number of sulfonamides is 1. The smallest absolute Gasteiger partial charge is 0.267 e. The van der Waals surface area contributed by atoms with E-state index >= 15 is 0 Å². The van der Waals surface area contributed by atoms with Crippen LogP contribution in [0.2, 0.25) is 0 Å². The van der Waals surface area contributed by atoms with E-state index in [4.69, 9.17) is 0 Å². The fraction of sp³-hybridized carbons (Fsp3) is 0.370. The zero-order valence-electron chi connectivity index (χ0n) is 21.3. The van der Waals surface area contributed by atoms with Gasteiger partial charge < -0.3 is 10.2 Å². The third kappa shape index (κ3) is 4.37. The summed E-state index contributed by atoms with van der Waals surface area (Å²) in [5.41, 5.74) is 2.93. The summed E-state index contributed by atoms with van der Waals surface area (Å²) in [4.78, 5) is 31.1. The maximum absolute atomic E-state index is 14.1. The van der Waals surface area contributed by atoms with Gasteiger partial charge in [0.15, 0.2) is 0 Å². The molecule has 1 N–H and O–H groups in total. The molecule has 0 saturated carbocycles. The van der Waals surface area contributed by atoms with E-state index in [1.54, 1.807) is 29.5 Å². The Labute approximate surface area is 225 Å². The number of nitrogens with zero attached hydrogens (tertiary/aromatic N) is 3. The highest BCUT2D eigenvalue weighted by Crippen LogP contribution is 2.55. The molecule has 38 heavy (non-hydrogen) atoms. The summed E-state index contributed by atoms with van der Waals surface area (Å²) >= 11 is 1.23. The topological polar surface area (TPSA) is 99.7 Å². The van der Waals surface area contributed by atoms with Gasteiger partial charge in [0.1, 0.15) is 10.7 Å². The number of rotatable bonds is 5. The molecule has 200 valence electrons. The van der Waals surface area contributed by atoms with E-state index in [-0.39, 0.29) is 22.6 Å². The number of amides is 2. The van der Waals surface area contributed by atoms with Crippen LogP contribution in [0.3, 0.4) is 0 Å². The highest BCUT2D eigenvalue weighted by molar-refractivity contribution is 7.92. The summed E-state index contributed by atoms with van der Waals surface area (Å²) < 4.78 is 43.3. The van der Waals surface area contributed by atoms with Crippen molar-refractivity contribution in [3.63, 3.8) is 0 Å². The van der Waals surface area contributed by atoms with Crippen LogP contribution in [-0.2, 0) is 20.2 Å². The number of hydrogen-bond acceptors (Lipinski definition) is 6. The molecular formula is C27H29FN4O4S2. The first-order chi connectivity index (χ1) is 18.0. The normalized spacial score (nSPS) is 18.6. The molecule has 0 radical (unpaired) electrons. The minimum atomic E-state index is -4.05. The van der Waals surface area contributed by atoms with Crippen LogP contribution in [-0.4, -0.2) is 49.2 Å². The van der Waals surface area contributed by atoms with Crippen LogP contribution >= 0.6 is 11.3 Å². The largest absolute Gasteiger partial charge is 0.343 e. The van der Waals surface area contributed by atoms with Crippen LogP contribution in [0, 0.1) is 11.7 Å². The van der Waals surface area contributed by atoms with E-state index in [2.05, 4.69) is 10.3 Å². The Bertz CT molecular complexity index is 1470. The molecule has 11 heteroatoms. The first kappa shape index (κ1) is 26.3. The lowest BCUT2D eigenvalue weighted by atomic mass is 9.66. The van der Waals surface area contributed by atoms with Gasteiger partial charge in [-0.1, -0.05) is 13.8 Å². The number of likely N-dealkylation sites (tertiary alicyclic amines) is 1. The molecule has 0 bridgehead atoms. The molecule has 1 aromatic heterocycles. The van der Waals surface area contributed by atoms with E-state index in [0.29, 0.717) is 42.2 Å². The van der Waals surface area contributed by atoms with Crippen molar-refractivity contribution in [3.8, 4) is 0 Å². The van der Waals surface area contributed by atoms with Crippen molar-refractivity contribution in [1.82, 2.24) is 9.88 Å². The molecule has 1 spiro atoms. The first-order valence-corrected chi connectivity index (χ1v) is 14.8. The van der Waals surface area contributed by atoms with Gasteiger partial charge in [0, 0.05) is 31.1 Å². The number of halogens is 1. The third-order valence-corrected chi connectivity index (χ3v) is 10.2. The summed E-state index contributed by atoms with van der Waals surface area (Å²) in [6.45, 7) is 6.53. The molecule has 3 heterocycles. The van der Waals surface area contributed by atoms with Crippen molar-refractivity contribution in [3.05, 3.63) is 70.4 Å². The van der Waals surface area contributed by atoms with Gasteiger partial charge in [-0.3, -0.25) is 18.9 Å². The monoisotopic (exact) mass is 556 g/mol. The predicted molar refractivity (Wildman–Crippen MR) is 144 cm³/mol. The Morgan fingerprint density at radius 1 is 1.13 bits per heavy atom. The zero-order chi connectivity index (χ0) is 27.2. The number of aromatic nitrogens is 1. The summed E-state index contributed by atoms with van der Waals surface area (Å²) in [6, 6.07) is 9.73. The fourth-order valence-electron chi connectivity index (χ4n) is 5.95. The highest BCUT2D eigenvalue weighted by atomic mass is 32.2. The maximum Gasteiger partial charge on any atom is 0.267 e. The Hall–Kier alpha value is -3.31. The third-order valence-electron chi connectivity index (χ3n) is 7.61. The molecule has 1 fully saturated rings. The average Bonchev–Trinajstić information content (AvgIpc) is 3.51. The molecule has 3 aromatic rings. The van der Waals surface area contributed by atoms with E-state index in [1.807, 2.05) is 19.9 Å². The van der Waals surface area contributed by atoms with Crippen LogP contribution < -0.4 is 9.62 Å². The Morgan fingerprint density at radius 3 is 2.39 bits per heavy atom. The van der Waals surface area contributed by atoms with Crippen molar-refractivity contribution in [2.75, 3.05) is 22.7 Å². The van der Waals surface area contributed by atoms with E-state index in [0.717, 1.165) is 17.7 Å². The quantitative estimate of drug-likeness (QED) is 0.493. The van der Waals surface area contributed by atoms with Gasteiger partial charge in [-0.25, -0.2) is 12.8 Å². The number of thiazole rings is 1. The van der Waals surface area contributed by atoms with Crippen LogP contribution in [0.5, 0.6) is 0 Å². The number of hydrogen-bond donors (Lipinski definition) is 1. The van der Waals surface area contributed by atoms with Crippen molar-refractivity contribution >= 4 is 44.5 Å². The Kier molecular flexibility index (Phi) is 6.77. The summed E-state index contributed by atoms with van der Waals surface area (Å²) in [5.74, 6) is -0.889. The van der Waals surface area contributed by atoms with Crippen LogP contribution in [0.1, 0.15) is 48.8 Å². The zero-order valence-corrected chi connectivity index (χ0v) is 23.0. The number of fused-ring (bicyclic) bond motifs is 2. The molecule has 1 saturated heterocycles. The summed E-state index contributed by atoms with van der Waals surface area (Å²) in [6.07, 6.45) is 2.65. The minimum absolute atomic E-state index is 0.0105. The van der Waals surface area contributed by atoms with Crippen molar-refractivity contribution in [1.29, 1.82) is 0 Å². The van der Waals surface area contributed by atoms with Gasteiger partial charge in [0.25, 0.3) is 15.9 Å². The van der Waals surface area contributed by atoms with Gasteiger partial charge in [-0.05, 0) is 66.8 Å². The molecule has 8 nitrogen and oxygen atoms in total. The van der Waals surface area contributed by atoms with Crippen LogP contribution in [0.25, 0.3) is 0 Å². The summed E-state index contributed by atoms with van der Waals surface area (Å²) in [5, 5.41) is 2.92. The number of piperidine rings is 1. The van der Waals surface area contributed by atoms with Gasteiger partial charge in [0.2, 0.25) is 5.91 Å². The highest BCUT2D eigenvalue weighted by Gasteiger charge is 2.56. The lowest BCUT2D eigenvalue weighted by molar-refractivity contribution is -0.130. The number of anilines is 2. The Balaban J connectivity index is 1.64. The van der Waals surface area contributed by atoms with Gasteiger partial charge in [0.05, 0.1) is 28.3 Å². The molecule has 2 aliphatic rings. The SMILES string of the molecule is CC(=O)N1CCC2(CC1)c1cc(NC(=O)c3cncs3)ccc1N(S(=O)(=O)c1ccc(F)cc1)C2C(C)C. The standard InChI is InChI=1S/C27H29FN4O4S2/c1-17(2)25-27(10-12-31(13-11-27)18(3)33)22-14-20(30-26(34)24-15-29-16-37-24)6-9-23(22)32(25)38(35,36)21-7-4-19(28)5-8-21/h4-9,14-17,25H,10-13H2,1-3H3,(H,30,34). The number of nitrogens with one attached hydrogen (secondary N) is 1. The molecular weight excluding hydrogens is 527 g/mol. The molecule has 2 amide bonds. The molecule has 1 unspecified atom stereocenters. The van der Waals surface area contributed by atoms with Gasteiger partial charge in [-0.2, -0.15) is 0 Å². The molecule has 5 rings (SSSR count). The van der Waals surface area contributed by atoms with Crippen LogP contribution in [0.4, 0.5) is 15.8 Å². The van der Waals surface area contributed by atoms with Crippen LogP contribution in [0.15, 0.2) is 59.1 Å². The second-order valence-corrected chi connectivity index (χ2v) is 12.9. The number of carbonyl (C=O) groups is 2. The van der Waals surface area contributed by atoms with E-state index < -0.39 is 27.3 Å². The second kappa shape index (κ2) is 9.77. The van der Waals surface area contributed by atoms with E-state index in [1.165, 1.54) is 34.0 Å². The average molecular weight is 557 g/mol. The molecule has 0 aliphatic carbocycles. The predicted octanol–water partition coefficient (Wildman–Crippen LogP) is 4.65. The number of carbonyl (C=O) groups excluding carboxylic acids is 2. The number of benzene rings is 2. The fourth-order valence-corrected chi connectivity index (χ4v) is 8.34. The van der Waals surface area contributed by atoms with Gasteiger partial charge >= 0.3 is 0 Å². The maximum atomic E-state index is 14.1. The Morgan fingerprint density at radius 2 is 1.82 bits per heavy atom. The van der Waals surface area contributed by atoms with Crippen molar-refractivity contribution in [2.45, 2.75) is 50.0 Å². The van der Waals surface area contributed by atoms with E-state index in [9.17, 15) is 22.4 Å². The van der Waals surface area contributed by atoms with Crippen molar-refractivity contribution < 1.29 is 22.4 Å². The summed E-state index contributed by atoms with van der Waals surface area (Å²) in [7, 11) is -4.05. The molecule has 2 aliphatic heterocycles. The second-order valence-electron chi connectivity index (χ2n) is 10.2. The molecule has 2 aromatic carbocycles. The lowest BCUT2D eigenvalue weighted by Crippen LogP contribution is -2.55. The van der Waals surface area contributed by atoms with Gasteiger partial charge in [-0.15, -0.1) is 11.3 Å². The minimum Gasteiger partial charge on any atom is -0.343 e.